The summed E-state index contributed by atoms with van der Waals surface area (Å²) in [5, 5.41) is 0. The van der Waals surface area contributed by atoms with E-state index in [-0.39, 0.29) is 11.7 Å². The third-order valence-corrected chi connectivity index (χ3v) is 6.28. The van der Waals surface area contributed by atoms with Gasteiger partial charge in [0.25, 0.3) is 0 Å². The van der Waals surface area contributed by atoms with E-state index in [1.165, 1.54) is 14.2 Å². The van der Waals surface area contributed by atoms with E-state index in [1.807, 2.05) is 6.92 Å². The standard InChI is InChI=1S/C10H20BrO4P/c1-5-6-7-8(2)9(12)10(11)16(13,14-3)15-4/h8,10H,5-7H2,1-4H3/t8-,10?/m0/s1. The topological polar surface area (TPSA) is 52.6 Å². The second-order valence-electron chi connectivity index (χ2n) is 3.69. The van der Waals surface area contributed by atoms with Gasteiger partial charge in [0.15, 0.2) is 10.4 Å². The maximum Gasteiger partial charge on any atom is 0.351 e. The van der Waals surface area contributed by atoms with Crippen molar-refractivity contribution in [1.82, 2.24) is 0 Å². The molecule has 0 aromatic rings. The highest BCUT2D eigenvalue weighted by Gasteiger charge is 2.39. The minimum Gasteiger partial charge on any atom is -0.311 e. The molecule has 0 radical (unpaired) electrons. The molecule has 0 saturated heterocycles. The number of carbonyl (C=O) groups excluding carboxylic acids is 1. The van der Waals surface area contributed by atoms with Gasteiger partial charge >= 0.3 is 7.60 Å². The predicted molar refractivity (Wildman–Crippen MR) is 68.0 cm³/mol. The Morgan fingerprint density at radius 2 is 1.88 bits per heavy atom. The van der Waals surface area contributed by atoms with Crippen LogP contribution in [0.5, 0.6) is 0 Å². The first-order valence-corrected chi connectivity index (χ1v) is 7.84. The fourth-order valence-electron chi connectivity index (χ4n) is 1.30. The van der Waals surface area contributed by atoms with Gasteiger partial charge in [-0.25, -0.2) is 0 Å². The van der Waals surface area contributed by atoms with Crippen molar-refractivity contribution >= 4 is 29.3 Å². The van der Waals surface area contributed by atoms with Crippen molar-refractivity contribution in [3.05, 3.63) is 0 Å². The molecule has 2 atom stereocenters. The third kappa shape index (κ3) is 4.28. The highest BCUT2D eigenvalue weighted by molar-refractivity contribution is 9.11. The number of Topliss-reactive ketones (excluding diaryl/α,β-unsaturated/α-hetero) is 1. The maximum atomic E-state index is 12.0. The summed E-state index contributed by atoms with van der Waals surface area (Å²) in [4.78, 5) is 11.9. The molecule has 0 saturated carbocycles. The normalized spacial score (nSPS) is 15.8. The Morgan fingerprint density at radius 1 is 1.38 bits per heavy atom. The van der Waals surface area contributed by atoms with Crippen LogP contribution in [0.1, 0.15) is 33.1 Å². The van der Waals surface area contributed by atoms with E-state index in [2.05, 4.69) is 22.9 Å². The van der Waals surface area contributed by atoms with Gasteiger partial charge in [0.05, 0.1) is 0 Å². The molecule has 0 aliphatic carbocycles. The van der Waals surface area contributed by atoms with E-state index in [1.54, 1.807) is 0 Å². The summed E-state index contributed by atoms with van der Waals surface area (Å²) >= 11 is 3.12. The first kappa shape index (κ1) is 16.3. The highest BCUT2D eigenvalue weighted by atomic mass is 79.9. The van der Waals surface area contributed by atoms with Crippen LogP contribution in [0, 0.1) is 5.92 Å². The van der Waals surface area contributed by atoms with Crippen LogP contribution in [0.2, 0.25) is 0 Å². The molecule has 0 aliphatic rings. The van der Waals surface area contributed by atoms with Gasteiger partial charge in [0.1, 0.15) is 0 Å². The van der Waals surface area contributed by atoms with Crippen molar-refractivity contribution in [2.75, 3.05) is 14.2 Å². The van der Waals surface area contributed by atoms with Crippen molar-refractivity contribution in [3.63, 3.8) is 0 Å². The summed E-state index contributed by atoms with van der Waals surface area (Å²) in [7, 11) is -0.787. The van der Waals surface area contributed by atoms with Crippen molar-refractivity contribution in [3.8, 4) is 0 Å². The van der Waals surface area contributed by atoms with Crippen LogP contribution < -0.4 is 0 Å². The summed E-state index contributed by atoms with van der Waals surface area (Å²) < 4.78 is 20.7. The van der Waals surface area contributed by atoms with Crippen LogP contribution >= 0.6 is 23.5 Å². The minimum absolute atomic E-state index is 0.125. The Morgan fingerprint density at radius 3 is 2.25 bits per heavy atom. The van der Waals surface area contributed by atoms with Crippen LogP contribution in [0.3, 0.4) is 0 Å². The van der Waals surface area contributed by atoms with Crippen molar-refractivity contribution in [2.24, 2.45) is 5.92 Å². The van der Waals surface area contributed by atoms with Crippen molar-refractivity contribution < 1.29 is 18.4 Å². The Balaban J connectivity index is 4.53. The SMILES string of the molecule is CCCC[C@H](C)C(=O)C(Br)P(=O)(OC)OC. The van der Waals surface area contributed by atoms with E-state index in [9.17, 15) is 9.36 Å². The number of unbranched alkanes of at least 4 members (excludes halogenated alkanes) is 1. The second kappa shape index (κ2) is 7.59. The van der Waals surface area contributed by atoms with Crippen LogP contribution in [0.4, 0.5) is 0 Å². The Hall–Kier alpha value is 0.300. The Labute approximate surface area is 106 Å². The van der Waals surface area contributed by atoms with Gasteiger partial charge in [-0.15, -0.1) is 0 Å². The number of ketones is 1. The van der Waals surface area contributed by atoms with Crippen molar-refractivity contribution in [1.29, 1.82) is 0 Å². The Bertz CT molecular complexity index is 262. The third-order valence-electron chi connectivity index (χ3n) is 2.50. The molecule has 0 aliphatic heterocycles. The summed E-state index contributed by atoms with van der Waals surface area (Å²) in [5.74, 6) is -0.261. The molecule has 0 amide bonds. The van der Waals surface area contributed by atoms with Gasteiger partial charge in [-0.1, -0.05) is 42.6 Å². The average Bonchev–Trinajstić information content (AvgIpc) is 2.32. The predicted octanol–water partition coefficient (Wildman–Crippen LogP) is 3.59. The fourth-order valence-corrected chi connectivity index (χ4v) is 3.84. The molecule has 0 N–H and O–H groups in total. The lowest BCUT2D eigenvalue weighted by molar-refractivity contribution is -0.120. The number of alkyl halides is 1. The zero-order valence-corrected chi connectivity index (χ0v) is 12.7. The lowest BCUT2D eigenvalue weighted by Gasteiger charge is -2.21. The molecule has 16 heavy (non-hydrogen) atoms. The molecular formula is C10H20BrO4P. The summed E-state index contributed by atoms with van der Waals surface area (Å²) in [5.41, 5.74) is 0. The molecule has 0 aromatic carbocycles. The lowest BCUT2D eigenvalue weighted by atomic mass is 10.0. The molecule has 4 nitrogen and oxygen atoms in total. The number of rotatable bonds is 8. The average molecular weight is 315 g/mol. The minimum atomic E-state index is -3.35. The molecule has 0 aromatic heterocycles. The number of halogens is 1. The zero-order chi connectivity index (χ0) is 12.8. The second-order valence-corrected chi connectivity index (χ2v) is 7.64. The van der Waals surface area contributed by atoms with Crippen LogP contribution in [0.15, 0.2) is 0 Å². The molecule has 0 fully saturated rings. The summed E-state index contributed by atoms with van der Waals surface area (Å²) in [6.07, 6.45) is 2.82. The molecule has 1 unspecified atom stereocenters. The van der Waals surface area contributed by atoms with E-state index in [4.69, 9.17) is 9.05 Å². The number of hydrogen-bond donors (Lipinski definition) is 0. The van der Waals surface area contributed by atoms with Gasteiger partial charge in [-0.05, 0) is 6.42 Å². The van der Waals surface area contributed by atoms with E-state index in [0.29, 0.717) is 0 Å². The lowest BCUT2D eigenvalue weighted by Crippen LogP contribution is -2.23. The van der Waals surface area contributed by atoms with Crippen molar-refractivity contribution in [2.45, 2.75) is 37.7 Å². The van der Waals surface area contributed by atoms with Gasteiger partial charge < -0.3 is 9.05 Å². The molecule has 0 heterocycles. The smallest absolute Gasteiger partial charge is 0.311 e. The highest BCUT2D eigenvalue weighted by Crippen LogP contribution is 2.55. The van der Waals surface area contributed by atoms with Crippen LogP contribution in [0.25, 0.3) is 0 Å². The van der Waals surface area contributed by atoms with E-state index < -0.39 is 12.2 Å². The zero-order valence-electron chi connectivity index (χ0n) is 10.2. The molecular weight excluding hydrogens is 295 g/mol. The van der Waals surface area contributed by atoms with E-state index in [0.717, 1.165) is 19.3 Å². The number of carbonyl (C=O) groups is 1. The first-order chi connectivity index (χ1) is 7.42. The molecule has 6 heteroatoms. The number of hydrogen-bond acceptors (Lipinski definition) is 4. The molecule has 0 bridgehead atoms. The first-order valence-electron chi connectivity index (χ1n) is 5.31. The van der Waals surface area contributed by atoms with Crippen LogP contribution in [-0.2, 0) is 18.4 Å². The monoisotopic (exact) mass is 314 g/mol. The largest absolute Gasteiger partial charge is 0.351 e. The quantitative estimate of drug-likeness (QED) is 0.507. The summed E-state index contributed by atoms with van der Waals surface area (Å²) in [6.45, 7) is 3.90. The Kier molecular flexibility index (Phi) is 7.73. The fraction of sp³-hybridized carbons (Fsp3) is 0.900. The van der Waals surface area contributed by atoms with Gasteiger partial charge in [-0.2, -0.15) is 0 Å². The molecule has 0 spiro atoms. The summed E-state index contributed by atoms with van der Waals surface area (Å²) in [6, 6.07) is 0. The van der Waals surface area contributed by atoms with E-state index >= 15 is 0 Å². The van der Waals surface area contributed by atoms with Gasteiger partial charge in [0, 0.05) is 20.1 Å². The van der Waals surface area contributed by atoms with Gasteiger partial charge in [-0.3, -0.25) is 9.36 Å². The molecule has 0 rings (SSSR count). The van der Waals surface area contributed by atoms with Gasteiger partial charge in [0.2, 0.25) is 0 Å². The van der Waals surface area contributed by atoms with Crippen LogP contribution in [-0.4, -0.2) is 24.6 Å². The maximum absolute atomic E-state index is 12.0. The molecule has 96 valence electrons.